The van der Waals surface area contributed by atoms with Crippen molar-refractivity contribution in [2.24, 2.45) is 0 Å². The quantitative estimate of drug-likeness (QED) is 0.176. The van der Waals surface area contributed by atoms with Crippen LogP contribution in [0.3, 0.4) is 0 Å². The fourth-order valence-corrected chi connectivity index (χ4v) is 6.32. The highest BCUT2D eigenvalue weighted by molar-refractivity contribution is 7.23. The van der Waals surface area contributed by atoms with Crippen molar-refractivity contribution < 1.29 is 9.72 Å². The van der Waals surface area contributed by atoms with Crippen LogP contribution < -0.4 is 4.90 Å². The molecule has 184 valence electrons. The highest BCUT2D eigenvalue weighted by atomic mass is 32.1. The number of carbonyl (C=O) groups is 1. The first-order chi connectivity index (χ1) is 17.2. The van der Waals surface area contributed by atoms with Gasteiger partial charge < -0.3 is 0 Å². The summed E-state index contributed by atoms with van der Waals surface area (Å²) in [7, 11) is 0. The van der Waals surface area contributed by atoms with Gasteiger partial charge in [0.15, 0.2) is 5.13 Å². The molecule has 1 amide bonds. The number of thiazole rings is 1. The number of thiophene rings is 1. The molecule has 0 aliphatic carbocycles. The number of aryl methyl sites for hydroxylation is 2. The number of para-hydroxylation sites is 1. The number of nitro groups is 1. The van der Waals surface area contributed by atoms with Gasteiger partial charge in [-0.15, -0.1) is 11.3 Å². The van der Waals surface area contributed by atoms with Gasteiger partial charge in [-0.25, -0.2) is 4.98 Å². The zero-order valence-corrected chi connectivity index (χ0v) is 22.0. The van der Waals surface area contributed by atoms with Gasteiger partial charge in [-0.1, -0.05) is 37.3 Å². The van der Waals surface area contributed by atoms with Crippen molar-refractivity contribution >= 4 is 59.7 Å². The summed E-state index contributed by atoms with van der Waals surface area (Å²) in [6.45, 7) is 9.13. The number of hydrogen-bond donors (Lipinski definition) is 0. The number of nitro benzene ring substituents is 1. The summed E-state index contributed by atoms with van der Waals surface area (Å²) < 4.78 is 3.76. The third kappa shape index (κ3) is 4.49. The Kier molecular flexibility index (Phi) is 6.31. The molecule has 2 aromatic carbocycles. The van der Waals surface area contributed by atoms with Crippen LogP contribution in [-0.2, 0) is 6.54 Å². The number of rotatable bonds is 7. The first-order valence-electron chi connectivity index (χ1n) is 11.6. The second-order valence-corrected chi connectivity index (χ2v) is 11.1. The van der Waals surface area contributed by atoms with Crippen LogP contribution in [0.4, 0.5) is 10.8 Å². The Balaban J connectivity index is 1.56. The van der Waals surface area contributed by atoms with Crippen molar-refractivity contribution in [2.75, 3.05) is 11.4 Å². The lowest BCUT2D eigenvalue weighted by Crippen LogP contribution is -2.33. The predicted octanol–water partition coefficient (Wildman–Crippen LogP) is 6.70. The van der Waals surface area contributed by atoms with E-state index in [1.807, 2.05) is 36.7 Å². The summed E-state index contributed by atoms with van der Waals surface area (Å²) in [5.74, 6) is 0.131. The number of hydrogen-bond acceptors (Lipinski definition) is 7. The summed E-state index contributed by atoms with van der Waals surface area (Å²) in [6, 6.07) is 14.6. The number of non-ortho nitro benzene ring substituents is 1. The second kappa shape index (κ2) is 9.44. The number of carbonyl (C=O) groups excluding carboxylic acids is 1. The van der Waals surface area contributed by atoms with Crippen LogP contribution in [0, 0.1) is 24.0 Å². The minimum absolute atomic E-state index is 0.00747. The Morgan fingerprint density at radius 2 is 1.92 bits per heavy atom. The average molecular weight is 520 g/mol. The van der Waals surface area contributed by atoms with Gasteiger partial charge in [0.25, 0.3) is 11.6 Å². The smallest absolute Gasteiger partial charge is 0.270 e. The minimum Gasteiger partial charge on any atom is -0.281 e. The van der Waals surface area contributed by atoms with E-state index in [0.717, 1.165) is 31.9 Å². The van der Waals surface area contributed by atoms with E-state index in [0.29, 0.717) is 34.4 Å². The molecule has 10 heteroatoms. The Morgan fingerprint density at radius 1 is 1.11 bits per heavy atom. The van der Waals surface area contributed by atoms with Crippen molar-refractivity contribution in [2.45, 2.75) is 40.2 Å². The van der Waals surface area contributed by atoms with Crippen LogP contribution in [0.25, 0.3) is 20.3 Å². The molecule has 0 spiro atoms. The monoisotopic (exact) mass is 519 g/mol. The molecule has 0 aliphatic rings. The van der Waals surface area contributed by atoms with Gasteiger partial charge in [0.2, 0.25) is 0 Å². The number of nitrogens with zero attached hydrogens (tertiary/aromatic N) is 5. The highest BCUT2D eigenvalue weighted by Gasteiger charge is 2.25. The van der Waals surface area contributed by atoms with Crippen LogP contribution in [0.15, 0.2) is 48.5 Å². The minimum atomic E-state index is -0.424. The number of benzene rings is 2. The molecule has 0 atom stereocenters. The molecular formula is C26H25N5O3S2. The summed E-state index contributed by atoms with van der Waals surface area (Å²) in [5, 5.41) is 17.1. The molecule has 0 aliphatic heterocycles. The van der Waals surface area contributed by atoms with Crippen molar-refractivity contribution in [1.82, 2.24) is 14.8 Å². The number of amides is 1. The average Bonchev–Trinajstić information content (AvgIpc) is 3.54. The van der Waals surface area contributed by atoms with Crippen molar-refractivity contribution in [1.29, 1.82) is 0 Å². The third-order valence-corrected chi connectivity index (χ3v) is 8.24. The molecule has 0 bridgehead atoms. The van der Waals surface area contributed by atoms with E-state index in [2.05, 4.69) is 25.0 Å². The summed E-state index contributed by atoms with van der Waals surface area (Å²) in [5.41, 5.74) is 4.03. The maximum atomic E-state index is 13.9. The molecule has 5 aromatic rings. The van der Waals surface area contributed by atoms with E-state index in [4.69, 9.17) is 4.98 Å². The fourth-order valence-electron chi connectivity index (χ4n) is 4.30. The van der Waals surface area contributed by atoms with Gasteiger partial charge in [0, 0.05) is 34.5 Å². The van der Waals surface area contributed by atoms with Gasteiger partial charge in [0.05, 0.1) is 32.3 Å². The molecule has 0 radical (unpaired) electrons. The van der Waals surface area contributed by atoms with Crippen molar-refractivity contribution in [3.05, 3.63) is 80.5 Å². The zero-order chi connectivity index (χ0) is 25.6. The van der Waals surface area contributed by atoms with E-state index >= 15 is 0 Å². The maximum absolute atomic E-state index is 13.9. The molecule has 5 rings (SSSR count). The molecular weight excluding hydrogens is 494 g/mol. The topological polar surface area (TPSA) is 94.2 Å². The molecule has 0 fully saturated rings. The second-order valence-electron chi connectivity index (χ2n) is 9.04. The van der Waals surface area contributed by atoms with Crippen molar-refractivity contribution in [3.63, 3.8) is 0 Å². The molecule has 0 saturated carbocycles. The Hall–Kier alpha value is -3.63. The standard InChI is InChI=1S/C26H25N5O3S2/c1-15(2)20-6-5-7-22-24(20)27-26(36-22)29(10-11-30-17(4)12-16(3)28-30)25(32)23-14-18-13-19(31(33)34)8-9-21(18)35-23/h5-9,12-15H,10-11H2,1-4H3. The van der Waals surface area contributed by atoms with E-state index in [-0.39, 0.29) is 11.6 Å². The lowest BCUT2D eigenvalue weighted by molar-refractivity contribution is -0.384. The first kappa shape index (κ1) is 24.1. The number of anilines is 1. The van der Waals surface area contributed by atoms with Crippen molar-refractivity contribution in [3.8, 4) is 0 Å². The lowest BCUT2D eigenvalue weighted by atomic mass is 10.0. The fraction of sp³-hybridized carbons (Fsp3) is 0.269. The van der Waals surface area contributed by atoms with Crippen LogP contribution in [-0.4, -0.2) is 32.1 Å². The van der Waals surface area contributed by atoms with E-state index in [1.54, 1.807) is 17.0 Å². The summed E-state index contributed by atoms with van der Waals surface area (Å²) in [6.07, 6.45) is 0. The molecule has 3 aromatic heterocycles. The predicted molar refractivity (Wildman–Crippen MR) is 146 cm³/mol. The number of fused-ring (bicyclic) bond motifs is 2. The van der Waals surface area contributed by atoms with Gasteiger partial charge in [-0.3, -0.25) is 24.5 Å². The number of aromatic nitrogens is 3. The van der Waals surface area contributed by atoms with Gasteiger partial charge >= 0.3 is 0 Å². The molecule has 8 nitrogen and oxygen atoms in total. The molecule has 0 saturated heterocycles. The maximum Gasteiger partial charge on any atom is 0.270 e. The molecule has 0 N–H and O–H groups in total. The summed E-state index contributed by atoms with van der Waals surface area (Å²) >= 11 is 2.83. The van der Waals surface area contributed by atoms with E-state index in [1.165, 1.54) is 34.8 Å². The highest BCUT2D eigenvalue weighted by Crippen LogP contribution is 2.36. The molecule has 0 unspecified atom stereocenters. The Labute approximate surface area is 216 Å². The SMILES string of the molecule is Cc1cc(C)n(CCN(C(=O)c2cc3cc([N+](=O)[O-])ccc3s2)c2nc3c(C(C)C)cccc3s2)n1. The third-order valence-electron chi connectivity index (χ3n) is 6.10. The molecule has 36 heavy (non-hydrogen) atoms. The first-order valence-corrected chi connectivity index (χ1v) is 13.2. The lowest BCUT2D eigenvalue weighted by Gasteiger charge is -2.19. The van der Waals surface area contributed by atoms with Crippen LogP contribution in [0.1, 0.15) is 46.4 Å². The largest absolute Gasteiger partial charge is 0.281 e. The Morgan fingerprint density at radius 3 is 2.61 bits per heavy atom. The zero-order valence-electron chi connectivity index (χ0n) is 20.4. The Bertz CT molecular complexity index is 1610. The van der Waals surface area contributed by atoms with E-state index in [9.17, 15) is 14.9 Å². The van der Waals surface area contributed by atoms with Crippen LogP contribution in [0.5, 0.6) is 0 Å². The van der Waals surface area contributed by atoms with Gasteiger partial charge in [-0.05, 0) is 49.6 Å². The van der Waals surface area contributed by atoms with Gasteiger partial charge in [-0.2, -0.15) is 5.10 Å². The normalized spacial score (nSPS) is 11.6. The van der Waals surface area contributed by atoms with Crippen LogP contribution in [0.2, 0.25) is 0 Å². The molecule has 3 heterocycles. The van der Waals surface area contributed by atoms with E-state index < -0.39 is 4.92 Å². The van der Waals surface area contributed by atoms with Crippen LogP contribution >= 0.6 is 22.7 Å². The summed E-state index contributed by atoms with van der Waals surface area (Å²) in [4.78, 5) is 31.8. The van der Waals surface area contributed by atoms with Gasteiger partial charge in [0.1, 0.15) is 0 Å².